The number of methoxy groups -OCH3 is 1. The molecule has 5 nitrogen and oxygen atoms in total. The van der Waals surface area contributed by atoms with Gasteiger partial charge in [-0.05, 0) is 29.8 Å². The number of carbonyl (C=O) groups is 1. The SMILES string of the molecule is COc1ccc(-c2ccc3c(c2)C=C(C(=O)O)C(C(F)(F)F)O3)cn1. The highest BCUT2D eigenvalue weighted by Crippen LogP contribution is 2.38. The lowest BCUT2D eigenvalue weighted by Crippen LogP contribution is -2.40. The molecule has 0 radical (unpaired) electrons. The van der Waals surface area contributed by atoms with E-state index < -0.39 is 23.8 Å². The topological polar surface area (TPSA) is 68.7 Å². The molecule has 3 rings (SSSR count). The molecule has 1 N–H and O–H groups in total. The van der Waals surface area contributed by atoms with Gasteiger partial charge in [-0.2, -0.15) is 13.2 Å². The third-order valence-electron chi connectivity index (χ3n) is 3.67. The maximum Gasteiger partial charge on any atom is 0.430 e. The van der Waals surface area contributed by atoms with E-state index in [9.17, 15) is 18.0 Å². The summed E-state index contributed by atoms with van der Waals surface area (Å²) in [5, 5.41) is 9.07. The standard InChI is InChI=1S/C17H12F3NO4/c1-24-14-5-3-10(8-21-14)9-2-4-13-11(6-9)7-12(16(22)23)15(25-13)17(18,19)20/h2-8,15H,1H3,(H,22,23). The van der Waals surface area contributed by atoms with Crippen LogP contribution in [0.15, 0.2) is 42.1 Å². The first-order chi connectivity index (χ1) is 11.8. The number of pyridine rings is 1. The van der Waals surface area contributed by atoms with E-state index in [1.807, 2.05) is 0 Å². The number of hydrogen-bond donors (Lipinski definition) is 1. The van der Waals surface area contributed by atoms with Gasteiger partial charge in [0.1, 0.15) is 5.75 Å². The van der Waals surface area contributed by atoms with Gasteiger partial charge >= 0.3 is 12.1 Å². The molecule has 1 atom stereocenters. The van der Waals surface area contributed by atoms with Crippen molar-refractivity contribution in [3.8, 4) is 22.8 Å². The average Bonchev–Trinajstić information content (AvgIpc) is 2.59. The summed E-state index contributed by atoms with van der Waals surface area (Å²) in [6, 6.07) is 7.88. The van der Waals surface area contributed by atoms with Gasteiger partial charge < -0.3 is 14.6 Å². The second-order valence-corrected chi connectivity index (χ2v) is 5.29. The van der Waals surface area contributed by atoms with Crippen molar-refractivity contribution in [1.82, 2.24) is 4.98 Å². The van der Waals surface area contributed by atoms with Gasteiger partial charge in [0, 0.05) is 23.4 Å². The maximum atomic E-state index is 13.0. The van der Waals surface area contributed by atoms with Crippen LogP contribution in [0.3, 0.4) is 0 Å². The number of ether oxygens (including phenoxy) is 2. The Labute approximate surface area is 140 Å². The fraction of sp³-hybridized carbons (Fsp3) is 0.176. The van der Waals surface area contributed by atoms with E-state index in [-0.39, 0.29) is 11.3 Å². The number of carboxylic acids is 1. The fourth-order valence-corrected chi connectivity index (χ4v) is 2.47. The molecule has 0 saturated carbocycles. The molecule has 0 amide bonds. The normalized spacial score (nSPS) is 16.5. The number of fused-ring (bicyclic) bond motifs is 1. The average molecular weight is 351 g/mol. The van der Waals surface area contributed by atoms with Crippen LogP contribution in [0.25, 0.3) is 17.2 Å². The molecule has 1 aliphatic rings. The number of aromatic nitrogens is 1. The molecular formula is C17H12F3NO4. The zero-order valence-corrected chi connectivity index (χ0v) is 12.9. The summed E-state index contributed by atoms with van der Waals surface area (Å²) in [5.74, 6) is -1.28. The van der Waals surface area contributed by atoms with Crippen molar-refractivity contribution in [2.24, 2.45) is 0 Å². The molecule has 1 aromatic heterocycles. The third kappa shape index (κ3) is 3.28. The van der Waals surface area contributed by atoms with Crippen LogP contribution in [0.2, 0.25) is 0 Å². The predicted molar refractivity (Wildman–Crippen MR) is 82.3 cm³/mol. The molecule has 8 heteroatoms. The molecule has 0 spiro atoms. The Balaban J connectivity index is 2.02. The van der Waals surface area contributed by atoms with Crippen LogP contribution in [0.4, 0.5) is 13.2 Å². The van der Waals surface area contributed by atoms with Crippen LogP contribution < -0.4 is 9.47 Å². The van der Waals surface area contributed by atoms with E-state index in [2.05, 4.69) is 4.98 Å². The molecule has 130 valence electrons. The Bertz CT molecular complexity index is 844. The zero-order valence-electron chi connectivity index (χ0n) is 12.9. The highest BCUT2D eigenvalue weighted by Gasteiger charge is 2.48. The molecule has 1 aliphatic heterocycles. The van der Waals surface area contributed by atoms with Crippen molar-refractivity contribution in [2.75, 3.05) is 7.11 Å². The quantitative estimate of drug-likeness (QED) is 0.916. The second-order valence-electron chi connectivity index (χ2n) is 5.29. The number of aliphatic carboxylic acids is 1. The summed E-state index contributed by atoms with van der Waals surface area (Å²) in [6.45, 7) is 0. The van der Waals surface area contributed by atoms with Crippen molar-refractivity contribution in [3.05, 3.63) is 47.7 Å². The van der Waals surface area contributed by atoms with E-state index in [4.69, 9.17) is 14.6 Å². The Hall–Kier alpha value is -3.03. The van der Waals surface area contributed by atoms with Crippen molar-refractivity contribution >= 4 is 12.0 Å². The molecule has 1 unspecified atom stereocenters. The molecule has 1 aromatic carbocycles. The van der Waals surface area contributed by atoms with Gasteiger partial charge in [0.2, 0.25) is 12.0 Å². The van der Waals surface area contributed by atoms with Crippen LogP contribution >= 0.6 is 0 Å². The van der Waals surface area contributed by atoms with Gasteiger partial charge in [0.25, 0.3) is 0 Å². The summed E-state index contributed by atoms with van der Waals surface area (Å²) in [6.07, 6.45) is -4.78. The van der Waals surface area contributed by atoms with E-state index in [1.165, 1.54) is 13.2 Å². The monoisotopic (exact) mass is 351 g/mol. The van der Waals surface area contributed by atoms with E-state index in [0.717, 1.165) is 6.08 Å². The van der Waals surface area contributed by atoms with Crippen LogP contribution in [0.5, 0.6) is 11.6 Å². The van der Waals surface area contributed by atoms with Crippen molar-refractivity contribution < 1.29 is 32.5 Å². The molecule has 0 saturated heterocycles. The summed E-state index contributed by atoms with van der Waals surface area (Å²) in [4.78, 5) is 15.2. The van der Waals surface area contributed by atoms with Crippen LogP contribution in [0.1, 0.15) is 5.56 Å². The molecule has 2 heterocycles. The smallest absolute Gasteiger partial charge is 0.430 e. The minimum Gasteiger partial charge on any atom is -0.481 e. The largest absolute Gasteiger partial charge is 0.481 e. The molecular weight excluding hydrogens is 339 g/mol. The lowest BCUT2D eigenvalue weighted by molar-refractivity contribution is -0.187. The number of carboxylic acid groups (broad SMARTS) is 1. The minimum absolute atomic E-state index is 0.0301. The zero-order chi connectivity index (χ0) is 18.2. The highest BCUT2D eigenvalue weighted by atomic mass is 19.4. The van der Waals surface area contributed by atoms with Crippen molar-refractivity contribution in [3.63, 3.8) is 0 Å². The Morgan fingerprint density at radius 3 is 2.52 bits per heavy atom. The first-order valence-electron chi connectivity index (χ1n) is 7.12. The minimum atomic E-state index is -4.82. The molecule has 0 bridgehead atoms. The molecule has 2 aromatic rings. The van der Waals surface area contributed by atoms with Crippen LogP contribution in [-0.2, 0) is 4.79 Å². The number of rotatable bonds is 3. The summed E-state index contributed by atoms with van der Waals surface area (Å²) >= 11 is 0. The van der Waals surface area contributed by atoms with Crippen LogP contribution in [-0.4, -0.2) is 35.4 Å². The lowest BCUT2D eigenvalue weighted by Gasteiger charge is -2.27. The van der Waals surface area contributed by atoms with Gasteiger partial charge in [0.05, 0.1) is 12.7 Å². The second kappa shape index (κ2) is 6.12. The highest BCUT2D eigenvalue weighted by molar-refractivity contribution is 5.95. The Morgan fingerprint density at radius 1 is 1.24 bits per heavy atom. The van der Waals surface area contributed by atoms with Gasteiger partial charge in [-0.25, -0.2) is 9.78 Å². The fourth-order valence-electron chi connectivity index (χ4n) is 2.47. The lowest BCUT2D eigenvalue weighted by atomic mass is 9.98. The predicted octanol–water partition coefficient (Wildman–Crippen LogP) is 3.55. The summed E-state index contributed by atoms with van der Waals surface area (Å²) in [5.41, 5.74) is 0.756. The summed E-state index contributed by atoms with van der Waals surface area (Å²) in [7, 11) is 1.48. The first-order valence-corrected chi connectivity index (χ1v) is 7.12. The van der Waals surface area contributed by atoms with Crippen molar-refractivity contribution in [1.29, 1.82) is 0 Å². The van der Waals surface area contributed by atoms with Gasteiger partial charge in [0.15, 0.2) is 0 Å². The van der Waals surface area contributed by atoms with Crippen molar-refractivity contribution in [2.45, 2.75) is 12.3 Å². The Morgan fingerprint density at radius 2 is 1.96 bits per heavy atom. The summed E-state index contributed by atoms with van der Waals surface area (Å²) < 4.78 is 48.9. The molecule has 25 heavy (non-hydrogen) atoms. The molecule has 0 aliphatic carbocycles. The Kier molecular flexibility index (Phi) is 4.12. The van der Waals surface area contributed by atoms with Crippen LogP contribution in [0, 0.1) is 0 Å². The number of halogens is 3. The van der Waals surface area contributed by atoms with E-state index in [1.54, 1.807) is 30.5 Å². The van der Waals surface area contributed by atoms with Gasteiger partial charge in [-0.15, -0.1) is 0 Å². The van der Waals surface area contributed by atoms with Gasteiger partial charge in [-0.3, -0.25) is 0 Å². The number of benzene rings is 1. The van der Waals surface area contributed by atoms with E-state index >= 15 is 0 Å². The third-order valence-corrected chi connectivity index (χ3v) is 3.67. The number of nitrogens with zero attached hydrogens (tertiary/aromatic N) is 1. The maximum absolute atomic E-state index is 13.0. The first kappa shape index (κ1) is 16.8. The van der Waals surface area contributed by atoms with Gasteiger partial charge in [-0.1, -0.05) is 6.07 Å². The molecule has 0 fully saturated rings. The number of hydrogen-bond acceptors (Lipinski definition) is 4. The van der Waals surface area contributed by atoms with E-state index in [0.29, 0.717) is 17.0 Å². The number of alkyl halides is 3.